The van der Waals surface area contributed by atoms with Gasteiger partial charge in [0.15, 0.2) is 0 Å². The molecule has 7 heteroatoms. The van der Waals surface area contributed by atoms with E-state index < -0.39 is 4.92 Å². The summed E-state index contributed by atoms with van der Waals surface area (Å²) in [6, 6.07) is 11.7. The molecule has 1 fully saturated rings. The molecule has 2 aromatic rings. The van der Waals surface area contributed by atoms with E-state index in [0.29, 0.717) is 13.2 Å². The Morgan fingerprint density at radius 3 is 2.65 bits per heavy atom. The Balaban J connectivity index is 1.83. The van der Waals surface area contributed by atoms with Crippen LogP contribution in [0.3, 0.4) is 0 Å². The number of nitro benzene ring substituents is 1. The van der Waals surface area contributed by atoms with Gasteiger partial charge in [-0.1, -0.05) is 23.7 Å². The zero-order valence-electron chi connectivity index (χ0n) is 14.4. The van der Waals surface area contributed by atoms with E-state index in [1.807, 2.05) is 31.2 Å². The molecule has 0 bridgehead atoms. The summed E-state index contributed by atoms with van der Waals surface area (Å²) in [6.45, 7) is 3.16. The number of halogens is 1. The molecule has 1 saturated heterocycles. The number of hydrogen-bond donors (Lipinski definition) is 0. The van der Waals surface area contributed by atoms with Crippen LogP contribution >= 0.6 is 11.6 Å². The van der Waals surface area contributed by atoms with Gasteiger partial charge in [0.1, 0.15) is 5.75 Å². The molecule has 1 aliphatic heterocycles. The average Bonchev–Trinajstić information content (AvgIpc) is 3.11. The van der Waals surface area contributed by atoms with Crippen LogP contribution in [0.15, 0.2) is 42.5 Å². The maximum Gasteiger partial charge on any atom is 0.270 e. The van der Waals surface area contributed by atoms with Crippen LogP contribution in [0.4, 0.5) is 5.69 Å². The number of nitrogens with zero attached hydrogens (tertiary/aromatic N) is 2. The lowest BCUT2D eigenvalue weighted by Crippen LogP contribution is -2.30. The van der Waals surface area contributed by atoms with E-state index >= 15 is 0 Å². The molecule has 1 aliphatic rings. The van der Waals surface area contributed by atoms with Crippen LogP contribution in [0, 0.1) is 10.1 Å². The summed E-state index contributed by atoms with van der Waals surface area (Å²) in [4.78, 5) is 25.0. The van der Waals surface area contributed by atoms with Gasteiger partial charge < -0.3 is 9.64 Å². The Bertz CT molecular complexity index is 823. The van der Waals surface area contributed by atoms with Crippen LogP contribution in [0.1, 0.15) is 41.7 Å². The summed E-state index contributed by atoms with van der Waals surface area (Å²) >= 11 is 6.13. The maximum atomic E-state index is 12.9. The topological polar surface area (TPSA) is 72.7 Å². The van der Waals surface area contributed by atoms with Gasteiger partial charge in [0.2, 0.25) is 0 Å². The fourth-order valence-electron chi connectivity index (χ4n) is 3.25. The monoisotopic (exact) mass is 374 g/mol. The number of nitro groups is 1. The van der Waals surface area contributed by atoms with Crippen molar-refractivity contribution in [1.29, 1.82) is 0 Å². The molecule has 2 aromatic carbocycles. The first-order valence-electron chi connectivity index (χ1n) is 8.49. The van der Waals surface area contributed by atoms with Crippen molar-refractivity contribution in [2.75, 3.05) is 13.2 Å². The van der Waals surface area contributed by atoms with E-state index in [1.165, 1.54) is 18.2 Å². The third kappa shape index (κ3) is 3.65. The number of carbonyl (C=O) groups is 1. The highest BCUT2D eigenvalue weighted by Crippen LogP contribution is 2.35. The number of non-ortho nitro benzene ring substituents is 1. The fraction of sp³-hybridized carbons (Fsp3) is 0.316. The van der Waals surface area contributed by atoms with Gasteiger partial charge in [0, 0.05) is 18.7 Å². The zero-order chi connectivity index (χ0) is 18.7. The Morgan fingerprint density at radius 1 is 1.31 bits per heavy atom. The van der Waals surface area contributed by atoms with Crippen LogP contribution < -0.4 is 4.74 Å². The molecule has 136 valence electrons. The minimum atomic E-state index is -0.529. The smallest absolute Gasteiger partial charge is 0.270 e. The van der Waals surface area contributed by atoms with Gasteiger partial charge in [-0.3, -0.25) is 14.9 Å². The summed E-state index contributed by atoms with van der Waals surface area (Å²) < 4.78 is 5.46. The number of ether oxygens (including phenoxy) is 1. The predicted molar refractivity (Wildman–Crippen MR) is 98.7 cm³/mol. The van der Waals surface area contributed by atoms with Gasteiger partial charge in [-0.15, -0.1) is 0 Å². The first-order chi connectivity index (χ1) is 12.5. The van der Waals surface area contributed by atoms with Crippen molar-refractivity contribution in [1.82, 2.24) is 4.90 Å². The van der Waals surface area contributed by atoms with Crippen molar-refractivity contribution in [2.45, 2.75) is 25.8 Å². The molecule has 1 amide bonds. The molecular formula is C19H19ClN2O4. The van der Waals surface area contributed by atoms with Crippen molar-refractivity contribution in [3.05, 3.63) is 68.7 Å². The summed E-state index contributed by atoms with van der Waals surface area (Å²) in [5, 5.41) is 10.9. The zero-order valence-corrected chi connectivity index (χ0v) is 15.1. The summed E-state index contributed by atoms with van der Waals surface area (Å²) in [6.07, 6.45) is 1.76. The third-order valence-electron chi connectivity index (χ3n) is 4.48. The average molecular weight is 375 g/mol. The lowest BCUT2D eigenvalue weighted by molar-refractivity contribution is -0.384. The van der Waals surface area contributed by atoms with Crippen LogP contribution in [-0.4, -0.2) is 28.9 Å². The van der Waals surface area contributed by atoms with Crippen LogP contribution in [0.25, 0.3) is 0 Å². The number of carbonyl (C=O) groups excluding carboxylic acids is 1. The van der Waals surface area contributed by atoms with Crippen LogP contribution in [0.2, 0.25) is 5.02 Å². The molecular weight excluding hydrogens is 356 g/mol. The summed E-state index contributed by atoms with van der Waals surface area (Å²) in [5.74, 6) is 0.590. The normalized spacial score (nSPS) is 16.5. The minimum absolute atomic E-state index is 0.0376. The SMILES string of the molecule is CCOc1ccc([C@@H]2CCCN2C(=O)c2ccc([N+](=O)[O-])cc2Cl)cc1. The quantitative estimate of drug-likeness (QED) is 0.565. The molecule has 0 spiro atoms. The standard InChI is InChI=1S/C19H19ClN2O4/c1-2-26-15-8-5-13(6-9-15)18-4-3-11-21(18)19(23)16-10-7-14(22(24)25)12-17(16)20/h5-10,12,18H,2-4,11H2,1H3/t18-/m0/s1. The van der Waals surface area contributed by atoms with Crippen LogP contribution in [-0.2, 0) is 0 Å². The predicted octanol–water partition coefficient (Wildman–Crippen LogP) is 4.62. The first-order valence-corrected chi connectivity index (χ1v) is 8.86. The van der Waals surface area contributed by atoms with E-state index in [4.69, 9.17) is 16.3 Å². The molecule has 6 nitrogen and oxygen atoms in total. The molecule has 0 unspecified atom stereocenters. The maximum absolute atomic E-state index is 12.9. The Hall–Kier alpha value is -2.60. The van der Waals surface area contributed by atoms with Crippen molar-refractivity contribution in [2.24, 2.45) is 0 Å². The molecule has 0 aromatic heterocycles. The van der Waals surface area contributed by atoms with Crippen molar-refractivity contribution in [3.63, 3.8) is 0 Å². The molecule has 0 aliphatic carbocycles. The van der Waals surface area contributed by atoms with Gasteiger partial charge in [-0.2, -0.15) is 0 Å². The van der Waals surface area contributed by atoms with Gasteiger partial charge in [-0.05, 0) is 43.5 Å². The molecule has 1 atom stereocenters. The third-order valence-corrected chi connectivity index (χ3v) is 4.80. The van der Waals surface area contributed by atoms with Gasteiger partial charge in [0.05, 0.1) is 28.2 Å². The fourth-order valence-corrected chi connectivity index (χ4v) is 3.51. The number of benzene rings is 2. The Labute approximate surface area is 156 Å². The number of hydrogen-bond acceptors (Lipinski definition) is 4. The Morgan fingerprint density at radius 2 is 2.04 bits per heavy atom. The molecule has 26 heavy (non-hydrogen) atoms. The molecule has 1 heterocycles. The first kappa shape index (κ1) is 18.2. The van der Waals surface area contributed by atoms with E-state index in [-0.39, 0.29) is 28.2 Å². The highest BCUT2D eigenvalue weighted by atomic mass is 35.5. The second-order valence-electron chi connectivity index (χ2n) is 6.08. The van der Waals surface area contributed by atoms with Gasteiger partial charge >= 0.3 is 0 Å². The summed E-state index contributed by atoms with van der Waals surface area (Å²) in [5.41, 5.74) is 1.20. The highest BCUT2D eigenvalue weighted by molar-refractivity contribution is 6.34. The Kier molecular flexibility index (Phi) is 5.42. The van der Waals surface area contributed by atoms with E-state index in [9.17, 15) is 14.9 Å². The number of amides is 1. The largest absolute Gasteiger partial charge is 0.494 e. The molecule has 0 N–H and O–H groups in total. The highest BCUT2D eigenvalue weighted by Gasteiger charge is 2.31. The number of likely N-dealkylation sites (tertiary alicyclic amines) is 1. The van der Waals surface area contributed by atoms with Crippen molar-refractivity contribution < 1.29 is 14.5 Å². The summed E-state index contributed by atoms with van der Waals surface area (Å²) in [7, 11) is 0. The second kappa shape index (κ2) is 7.74. The lowest BCUT2D eigenvalue weighted by atomic mass is 10.0. The number of rotatable bonds is 5. The van der Waals surface area contributed by atoms with E-state index in [0.717, 1.165) is 24.2 Å². The van der Waals surface area contributed by atoms with Crippen LogP contribution in [0.5, 0.6) is 5.75 Å². The second-order valence-corrected chi connectivity index (χ2v) is 6.49. The van der Waals surface area contributed by atoms with Crippen molar-refractivity contribution in [3.8, 4) is 5.75 Å². The van der Waals surface area contributed by atoms with Gasteiger partial charge in [0.25, 0.3) is 11.6 Å². The molecule has 3 rings (SSSR count). The van der Waals surface area contributed by atoms with Gasteiger partial charge in [-0.25, -0.2) is 0 Å². The molecule has 0 saturated carbocycles. The van der Waals surface area contributed by atoms with E-state index in [1.54, 1.807) is 4.90 Å². The van der Waals surface area contributed by atoms with E-state index in [2.05, 4.69) is 0 Å². The minimum Gasteiger partial charge on any atom is -0.494 e. The molecule has 0 radical (unpaired) electrons. The lowest BCUT2D eigenvalue weighted by Gasteiger charge is -2.25. The van der Waals surface area contributed by atoms with Crippen molar-refractivity contribution >= 4 is 23.2 Å².